The Morgan fingerprint density at radius 1 is 1.53 bits per heavy atom. The van der Waals surface area contributed by atoms with Crippen LogP contribution in [0.5, 0.6) is 0 Å². The van der Waals surface area contributed by atoms with Crippen molar-refractivity contribution in [1.82, 2.24) is 0 Å². The van der Waals surface area contributed by atoms with E-state index in [0.717, 1.165) is 18.4 Å². The second kappa shape index (κ2) is 7.30. The van der Waals surface area contributed by atoms with E-state index in [1.54, 1.807) is 12.1 Å². The number of carboxylic acid groups (broad SMARTS) is 1. The molecule has 0 saturated heterocycles. The minimum Gasteiger partial charge on any atom is -0.479 e. The van der Waals surface area contributed by atoms with E-state index in [1.807, 2.05) is 19.1 Å². The van der Waals surface area contributed by atoms with Gasteiger partial charge in [0.1, 0.15) is 0 Å². The Hall–Kier alpha value is -1.06. The number of hydrogen-bond donors (Lipinski definition) is 1. The number of hydrogen-bond acceptors (Lipinski definition) is 2. The summed E-state index contributed by atoms with van der Waals surface area (Å²) in [5.41, 5.74) is 0.876. The molecule has 1 aromatic carbocycles. The van der Waals surface area contributed by atoms with Gasteiger partial charge < -0.3 is 9.84 Å². The van der Waals surface area contributed by atoms with Crippen molar-refractivity contribution in [3.8, 4) is 0 Å². The van der Waals surface area contributed by atoms with Crippen LogP contribution < -0.4 is 0 Å². The minimum absolute atomic E-state index is 0.347. The highest BCUT2D eigenvalue weighted by Gasteiger charge is 2.18. The molecule has 4 heteroatoms. The average molecular weight is 257 g/mol. The lowest BCUT2D eigenvalue weighted by Crippen LogP contribution is -2.26. The topological polar surface area (TPSA) is 46.5 Å². The van der Waals surface area contributed by atoms with Crippen LogP contribution >= 0.6 is 11.6 Å². The van der Waals surface area contributed by atoms with Gasteiger partial charge in [-0.3, -0.25) is 0 Å². The summed E-state index contributed by atoms with van der Waals surface area (Å²) < 4.78 is 5.35. The fourth-order valence-electron chi connectivity index (χ4n) is 1.47. The second-order valence-electron chi connectivity index (χ2n) is 3.89. The van der Waals surface area contributed by atoms with Gasteiger partial charge in [0.05, 0.1) is 0 Å². The van der Waals surface area contributed by atoms with Gasteiger partial charge in [0.2, 0.25) is 0 Å². The number of halogens is 1. The molecule has 0 amide bonds. The van der Waals surface area contributed by atoms with Crippen LogP contribution in [0, 0.1) is 0 Å². The molecule has 3 nitrogen and oxygen atoms in total. The molecule has 0 aliphatic rings. The van der Waals surface area contributed by atoms with Gasteiger partial charge in [-0.1, -0.05) is 37.1 Å². The maximum absolute atomic E-state index is 11.0. The maximum Gasteiger partial charge on any atom is 0.333 e. The van der Waals surface area contributed by atoms with E-state index in [2.05, 4.69) is 0 Å². The summed E-state index contributed by atoms with van der Waals surface area (Å²) in [6, 6.07) is 7.19. The molecule has 1 atom stereocenters. The molecular weight excluding hydrogens is 240 g/mol. The molecule has 0 spiro atoms. The first-order valence-corrected chi connectivity index (χ1v) is 6.10. The standard InChI is InChI=1S/C13H17ClO3/c1-2-3-7-17-12(13(15)16)9-10-5-4-6-11(14)8-10/h4-6,8,12H,2-3,7,9H2,1H3,(H,15,16)/t12-/m1/s1. The number of aliphatic carboxylic acids is 1. The van der Waals surface area contributed by atoms with Crippen LogP contribution in [-0.4, -0.2) is 23.8 Å². The van der Waals surface area contributed by atoms with Crippen molar-refractivity contribution >= 4 is 17.6 Å². The van der Waals surface area contributed by atoms with Gasteiger partial charge in [0.15, 0.2) is 6.10 Å². The third-order valence-electron chi connectivity index (χ3n) is 2.40. The van der Waals surface area contributed by atoms with Gasteiger partial charge in [-0.25, -0.2) is 4.79 Å². The van der Waals surface area contributed by atoms with Crippen molar-refractivity contribution in [1.29, 1.82) is 0 Å². The normalized spacial score (nSPS) is 12.4. The molecule has 0 fully saturated rings. The minimum atomic E-state index is -0.930. The number of benzene rings is 1. The molecule has 0 saturated carbocycles. The van der Waals surface area contributed by atoms with E-state index in [1.165, 1.54) is 0 Å². The lowest BCUT2D eigenvalue weighted by Gasteiger charge is -2.13. The van der Waals surface area contributed by atoms with Crippen LogP contribution in [0.4, 0.5) is 0 Å². The van der Waals surface area contributed by atoms with Crippen molar-refractivity contribution < 1.29 is 14.6 Å². The number of rotatable bonds is 7. The second-order valence-corrected chi connectivity index (χ2v) is 4.32. The Kier molecular flexibility index (Phi) is 6.01. The molecule has 17 heavy (non-hydrogen) atoms. The largest absolute Gasteiger partial charge is 0.479 e. The van der Waals surface area contributed by atoms with E-state index in [-0.39, 0.29) is 0 Å². The maximum atomic E-state index is 11.0. The quantitative estimate of drug-likeness (QED) is 0.763. The van der Waals surface area contributed by atoms with E-state index < -0.39 is 12.1 Å². The third kappa shape index (κ3) is 5.20. The van der Waals surface area contributed by atoms with Gasteiger partial charge in [0, 0.05) is 18.1 Å². The summed E-state index contributed by atoms with van der Waals surface area (Å²) in [7, 11) is 0. The lowest BCUT2D eigenvalue weighted by atomic mass is 10.1. The van der Waals surface area contributed by atoms with Crippen LogP contribution in [0.3, 0.4) is 0 Å². The zero-order valence-corrected chi connectivity index (χ0v) is 10.6. The summed E-state index contributed by atoms with van der Waals surface area (Å²) in [5, 5.41) is 9.66. The van der Waals surface area contributed by atoms with Crippen molar-refractivity contribution in [3.05, 3.63) is 34.9 Å². The third-order valence-corrected chi connectivity index (χ3v) is 2.64. The Balaban J connectivity index is 2.57. The fraction of sp³-hybridized carbons (Fsp3) is 0.462. The van der Waals surface area contributed by atoms with Crippen LogP contribution in [0.1, 0.15) is 25.3 Å². The van der Waals surface area contributed by atoms with Gasteiger partial charge in [0.25, 0.3) is 0 Å². The smallest absolute Gasteiger partial charge is 0.333 e. The summed E-state index contributed by atoms with van der Waals surface area (Å²) in [6.07, 6.45) is 1.42. The van der Waals surface area contributed by atoms with Crippen molar-refractivity contribution in [2.24, 2.45) is 0 Å². The number of ether oxygens (including phenoxy) is 1. The Morgan fingerprint density at radius 2 is 2.29 bits per heavy atom. The Morgan fingerprint density at radius 3 is 2.88 bits per heavy atom. The van der Waals surface area contributed by atoms with Gasteiger partial charge >= 0.3 is 5.97 Å². The highest BCUT2D eigenvalue weighted by molar-refractivity contribution is 6.30. The Bertz CT molecular complexity index is 365. The van der Waals surface area contributed by atoms with Crippen molar-refractivity contribution in [2.75, 3.05) is 6.61 Å². The number of unbranched alkanes of at least 4 members (excludes halogenated alkanes) is 1. The Labute approximate surface area is 106 Å². The molecule has 0 unspecified atom stereocenters. The molecular formula is C13H17ClO3. The van der Waals surface area contributed by atoms with Gasteiger partial charge in [-0.05, 0) is 24.1 Å². The summed E-state index contributed by atoms with van der Waals surface area (Å²) in [5.74, 6) is -0.930. The highest BCUT2D eigenvalue weighted by atomic mass is 35.5. The molecule has 94 valence electrons. The zero-order chi connectivity index (χ0) is 12.7. The molecule has 0 radical (unpaired) electrons. The monoisotopic (exact) mass is 256 g/mol. The first-order valence-electron chi connectivity index (χ1n) is 5.72. The average Bonchev–Trinajstić information content (AvgIpc) is 2.28. The molecule has 0 bridgehead atoms. The molecule has 1 aromatic rings. The molecule has 0 aliphatic carbocycles. The van der Waals surface area contributed by atoms with Crippen LogP contribution in [0.25, 0.3) is 0 Å². The molecule has 0 aliphatic heterocycles. The summed E-state index contributed by atoms with van der Waals surface area (Å²) >= 11 is 5.85. The van der Waals surface area contributed by atoms with E-state index in [9.17, 15) is 4.79 Å². The predicted molar refractivity (Wildman–Crippen MR) is 67.4 cm³/mol. The first-order chi connectivity index (χ1) is 8.13. The lowest BCUT2D eigenvalue weighted by molar-refractivity contribution is -0.150. The van der Waals surface area contributed by atoms with Crippen LogP contribution in [0.15, 0.2) is 24.3 Å². The fourth-order valence-corrected chi connectivity index (χ4v) is 1.68. The SMILES string of the molecule is CCCCO[C@H](Cc1cccc(Cl)c1)C(=O)O. The van der Waals surface area contributed by atoms with Crippen molar-refractivity contribution in [3.63, 3.8) is 0 Å². The highest BCUT2D eigenvalue weighted by Crippen LogP contribution is 2.13. The molecule has 1 rings (SSSR count). The molecule has 0 heterocycles. The predicted octanol–water partition coefficient (Wildman–Crippen LogP) is 3.15. The summed E-state index contributed by atoms with van der Waals surface area (Å²) in [6.45, 7) is 2.52. The van der Waals surface area contributed by atoms with E-state index in [0.29, 0.717) is 18.1 Å². The molecule has 0 aromatic heterocycles. The van der Waals surface area contributed by atoms with Crippen LogP contribution in [0.2, 0.25) is 5.02 Å². The number of carboxylic acids is 1. The zero-order valence-electron chi connectivity index (χ0n) is 9.86. The van der Waals surface area contributed by atoms with Crippen molar-refractivity contribution in [2.45, 2.75) is 32.3 Å². The molecule has 1 N–H and O–H groups in total. The van der Waals surface area contributed by atoms with Gasteiger partial charge in [-0.2, -0.15) is 0 Å². The van der Waals surface area contributed by atoms with Gasteiger partial charge in [-0.15, -0.1) is 0 Å². The number of carbonyl (C=O) groups is 1. The van der Waals surface area contributed by atoms with Crippen LogP contribution in [-0.2, 0) is 16.0 Å². The summed E-state index contributed by atoms with van der Waals surface area (Å²) in [4.78, 5) is 11.0. The van der Waals surface area contributed by atoms with E-state index in [4.69, 9.17) is 21.4 Å². The first kappa shape index (κ1) is 14.0. The van der Waals surface area contributed by atoms with E-state index >= 15 is 0 Å².